The Bertz CT molecular complexity index is 1120. The van der Waals surface area contributed by atoms with E-state index >= 15 is 0 Å². The minimum Gasteiger partial charge on any atom is -0.457 e. The van der Waals surface area contributed by atoms with Crippen molar-refractivity contribution in [3.63, 3.8) is 0 Å². The van der Waals surface area contributed by atoms with Gasteiger partial charge in [-0.1, -0.05) is 66.7 Å². The second-order valence-electron chi connectivity index (χ2n) is 9.63. The number of esters is 1. The van der Waals surface area contributed by atoms with Crippen LogP contribution in [0.4, 0.5) is 0 Å². The summed E-state index contributed by atoms with van der Waals surface area (Å²) in [5, 5.41) is 3.24. The third kappa shape index (κ3) is 6.17. The number of ether oxygens (including phenoxy) is 1. The van der Waals surface area contributed by atoms with Crippen LogP contribution in [0.3, 0.4) is 0 Å². The number of benzene rings is 3. The van der Waals surface area contributed by atoms with Gasteiger partial charge in [-0.05, 0) is 70.0 Å². The summed E-state index contributed by atoms with van der Waals surface area (Å²) in [5.41, 5.74) is 3.21. The zero-order chi connectivity index (χ0) is 24.7. The molecule has 4 rings (SSSR count). The number of nitrogens with zero attached hydrogens (tertiary/aromatic N) is 1. The molecule has 0 atom stereocenters. The number of likely N-dealkylation sites (N-methyl/N-ethyl adjacent to an activating group) is 1. The van der Waals surface area contributed by atoms with Crippen LogP contribution in [0.1, 0.15) is 57.5 Å². The molecule has 0 unspecified atom stereocenters. The summed E-state index contributed by atoms with van der Waals surface area (Å²) in [7, 11) is 4.32. The van der Waals surface area contributed by atoms with E-state index in [1.165, 1.54) is 5.56 Å². The summed E-state index contributed by atoms with van der Waals surface area (Å²) in [4.78, 5) is 27.9. The second kappa shape index (κ2) is 11.3. The highest BCUT2D eigenvalue weighted by Crippen LogP contribution is 2.35. The van der Waals surface area contributed by atoms with Crippen LogP contribution in [0.15, 0.2) is 84.9 Å². The maximum absolute atomic E-state index is 13.2. The topological polar surface area (TPSA) is 58.6 Å². The van der Waals surface area contributed by atoms with Gasteiger partial charge in [-0.25, -0.2) is 4.79 Å². The Balaban J connectivity index is 1.36. The molecule has 0 spiro atoms. The van der Waals surface area contributed by atoms with Crippen molar-refractivity contribution in [2.24, 2.45) is 0 Å². The van der Waals surface area contributed by atoms with Gasteiger partial charge in [0.05, 0.1) is 5.56 Å². The van der Waals surface area contributed by atoms with Crippen LogP contribution in [0.2, 0.25) is 0 Å². The van der Waals surface area contributed by atoms with E-state index in [4.69, 9.17) is 4.74 Å². The van der Waals surface area contributed by atoms with Crippen LogP contribution in [0.5, 0.6) is 0 Å². The van der Waals surface area contributed by atoms with Gasteiger partial charge in [-0.3, -0.25) is 4.79 Å². The quantitative estimate of drug-likeness (QED) is 0.456. The fourth-order valence-electron chi connectivity index (χ4n) is 4.99. The fraction of sp³-hybridized carbons (Fsp3) is 0.333. The highest BCUT2D eigenvalue weighted by atomic mass is 16.5. The lowest BCUT2D eigenvalue weighted by Gasteiger charge is -2.45. The van der Waals surface area contributed by atoms with Gasteiger partial charge >= 0.3 is 5.97 Å². The van der Waals surface area contributed by atoms with Crippen LogP contribution in [0, 0.1) is 0 Å². The number of carbonyl (C=O) groups is 2. The maximum atomic E-state index is 13.2. The van der Waals surface area contributed by atoms with Crippen LogP contribution < -0.4 is 5.32 Å². The summed E-state index contributed by atoms with van der Waals surface area (Å²) >= 11 is 0. The lowest BCUT2D eigenvalue weighted by molar-refractivity contribution is 0.0469. The lowest BCUT2D eigenvalue weighted by atomic mass is 9.74. The van der Waals surface area contributed by atoms with E-state index in [1.54, 1.807) is 30.3 Å². The molecule has 5 heteroatoms. The Kier molecular flexibility index (Phi) is 7.98. The third-order valence-corrected chi connectivity index (χ3v) is 7.21. The van der Waals surface area contributed by atoms with Crippen molar-refractivity contribution >= 4 is 11.9 Å². The first kappa shape index (κ1) is 24.7. The smallest absolute Gasteiger partial charge is 0.338 e. The molecular formula is C30H34N2O3. The third-order valence-electron chi connectivity index (χ3n) is 7.21. The first-order chi connectivity index (χ1) is 17.0. The zero-order valence-corrected chi connectivity index (χ0v) is 20.6. The fourth-order valence-corrected chi connectivity index (χ4v) is 4.99. The predicted octanol–water partition coefficient (Wildman–Crippen LogP) is 5.26. The predicted molar refractivity (Wildman–Crippen MR) is 138 cm³/mol. The Morgan fingerprint density at radius 3 is 2.14 bits per heavy atom. The SMILES string of the molecule is CN(C)C1(Cc2ccccc2)CCC(NC(=O)c2ccccc2COC(=O)c2ccccc2)CC1. The summed E-state index contributed by atoms with van der Waals surface area (Å²) in [6.07, 6.45) is 4.92. The molecule has 0 radical (unpaired) electrons. The molecular weight excluding hydrogens is 436 g/mol. The molecule has 0 aliphatic heterocycles. The minimum atomic E-state index is -0.397. The van der Waals surface area contributed by atoms with Gasteiger partial charge in [-0.15, -0.1) is 0 Å². The van der Waals surface area contributed by atoms with Crippen molar-refractivity contribution in [2.45, 2.75) is 50.3 Å². The molecule has 1 aliphatic rings. The largest absolute Gasteiger partial charge is 0.457 e. The van der Waals surface area contributed by atoms with E-state index in [1.807, 2.05) is 24.3 Å². The van der Waals surface area contributed by atoms with Gasteiger partial charge in [0.15, 0.2) is 0 Å². The molecule has 1 saturated carbocycles. The molecule has 0 aromatic heterocycles. The number of hydrogen-bond donors (Lipinski definition) is 1. The van der Waals surface area contributed by atoms with Gasteiger partial charge in [0, 0.05) is 22.7 Å². The molecule has 1 fully saturated rings. The van der Waals surface area contributed by atoms with Crippen LogP contribution in [-0.4, -0.2) is 42.5 Å². The summed E-state index contributed by atoms with van der Waals surface area (Å²) < 4.78 is 5.48. The average molecular weight is 471 g/mol. The van der Waals surface area contributed by atoms with Crippen molar-refractivity contribution < 1.29 is 14.3 Å². The highest BCUT2D eigenvalue weighted by Gasteiger charge is 2.37. The minimum absolute atomic E-state index is 0.0583. The lowest BCUT2D eigenvalue weighted by Crippen LogP contribution is -2.52. The van der Waals surface area contributed by atoms with Gasteiger partial charge in [0.25, 0.3) is 5.91 Å². The molecule has 0 saturated heterocycles. The van der Waals surface area contributed by atoms with Crippen LogP contribution in [-0.2, 0) is 17.8 Å². The van der Waals surface area contributed by atoms with E-state index in [0.29, 0.717) is 16.7 Å². The second-order valence-corrected chi connectivity index (χ2v) is 9.63. The average Bonchev–Trinajstić information content (AvgIpc) is 2.89. The number of rotatable bonds is 8. The molecule has 182 valence electrons. The summed E-state index contributed by atoms with van der Waals surface area (Å²) in [6, 6.07) is 27.0. The van der Waals surface area contributed by atoms with E-state index in [9.17, 15) is 9.59 Å². The normalized spacial score (nSPS) is 19.8. The summed E-state index contributed by atoms with van der Waals surface area (Å²) in [6.45, 7) is 0.0583. The molecule has 0 bridgehead atoms. The Morgan fingerprint density at radius 1 is 0.886 bits per heavy atom. The zero-order valence-electron chi connectivity index (χ0n) is 20.6. The van der Waals surface area contributed by atoms with Gasteiger partial charge in [0.2, 0.25) is 0 Å². The van der Waals surface area contributed by atoms with E-state index < -0.39 is 5.97 Å². The van der Waals surface area contributed by atoms with Gasteiger partial charge < -0.3 is 15.0 Å². The van der Waals surface area contributed by atoms with Crippen molar-refractivity contribution in [1.29, 1.82) is 0 Å². The van der Waals surface area contributed by atoms with Gasteiger partial charge in [-0.2, -0.15) is 0 Å². The highest BCUT2D eigenvalue weighted by molar-refractivity contribution is 5.96. The van der Waals surface area contributed by atoms with Crippen molar-refractivity contribution in [1.82, 2.24) is 10.2 Å². The maximum Gasteiger partial charge on any atom is 0.338 e. The number of carbonyl (C=O) groups excluding carboxylic acids is 2. The van der Waals surface area contributed by atoms with E-state index in [2.05, 4.69) is 54.6 Å². The molecule has 5 nitrogen and oxygen atoms in total. The van der Waals surface area contributed by atoms with Crippen LogP contribution in [0.25, 0.3) is 0 Å². The first-order valence-corrected chi connectivity index (χ1v) is 12.3. The van der Waals surface area contributed by atoms with Crippen molar-refractivity contribution in [2.75, 3.05) is 14.1 Å². The monoisotopic (exact) mass is 470 g/mol. The number of amides is 1. The first-order valence-electron chi connectivity index (χ1n) is 12.3. The molecule has 1 aliphatic carbocycles. The number of hydrogen-bond acceptors (Lipinski definition) is 4. The molecule has 35 heavy (non-hydrogen) atoms. The Morgan fingerprint density at radius 2 is 1.49 bits per heavy atom. The Labute approximate surface area is 208 Å². The molecule has 1 N–H and O–H groups in total. The van der Waals surface area contributed by atoms with E-state index in [0.717, 1.165) is 32.1 Å². The van der Waals surface area contributed by atoms with E-state index in [-0.39, 0.29) is 24.1 Å². The molecule has 3 aromatic rings. The molecule has 1 amide bonds. The summed E-state index contributed by atoms with van der Waals surface area (Å²) in [5.74, 6) is -0.506. The van der Waals surface area contributed by atoms with Crippen molar-refractivity contribution in [3.8, 4) is 0 Å². The van der Waals surface area contributed by atoms with Crippen LogP contribution >= 0.6 is 0 Å². The number of nitrogens with one attached hydrogen (secondary N) is 1. The molecule has 3 aromatic carbocycles. The van der Waals surface area contributed by atoms with Gasteiger partial charge in [0.1, 0.15) is 6.61 Å². The van der Waals surface area contributed by atoms with Crippen molar-refractivity contribution in [3.05, 3.63) is 107 Å². The molecule has 0 heterocycles. The standard InChI is InChI=1S/C30H34N2O3/c1-32(2)30(21-23-11-5-3-6-12-23)19-17-26(18-20-30)31-28(33)27-16-10-9-15-25(27)22-35-29(34)24-13-7-4-8-14-24/h3-16,26H,17-22H2,1-2H3,(H,31,33). The Hall–Kier alpha value is -3.44.